The molecule has 6 nitrogen and oxygen atoms in total. The summed E-state index contributed by atoms with van der Waals surface area (Å²) < 4.78 is 13.7. The van der Waals surface area contributed by atoms with E-state index in [4.69, 9.17) is 0 Å². The van der Waals surface area contributed by atoms with Gasteiger partial charge in [0.25, 0.3) is 0 Å². The van der Waals surface area contributed by atoms with Gasteiger partial charge < -0.3 is 14.8 Å². The van der Waals surface area contributed by atoms with Crippen LogP contribution >= 0.6 is 0 Å². The zero-order chi connectivity index (χ0) is 17.2. The lowest BCUT2D eigenvalue weighted by Gasteiger charge is -2.35. The van der Waals surface area contributed by atoms with Crippen LogP contribution in [0, 0.1) is 5.82 Å². The number of benzene rings is 1. The molecule has 0 saturated carbocycles. The maximum Gasteiger partial charge on any atom is 0.227 e. The lowest BCUT2D eigenvalue weighted by Crippen LogP contribution is -2.49. The van der Waals surface area contributed by atoms with Crippen LogP contribution in [0.1, 0.15) is 5.56 Å². The van der Waals surface area contributed by atoms with Gasteiger partial charge in [-0.2, -0.15) is 0 Å². The highest BCUT2D eigenvalue weighted by Gasteiger charge is 2.23. The van der Waals surface area contributed by atoms with E-state index in [1.807, 2.05) is 12.3 Å². The zero-order valence-corrected chi connectivity index (χ0v) is 13.7. The molecule has 4 rings (SSSR count). The molecular weight excluding hydrogens is 321 g/mol. The second-order valence-corrected chi connectivity index (χ2v) is 6.07. The summed E-state index contributed by atoms with van der Waals surface area (Å²) in [7, 11) is 0. The molecule has 0 spiro atoms. The normalized spacial score (nSPS) is 14.9. The third-order valence-electron chi connectivity index (χ3n) is 4.56. The average Bonchev–Trinajstić information content (AvgIpc) is 3.12. The van der Waals surface area contributed by atoms with Gasteiger partial charge in [-0.15, -0.1) is 0 Å². The molecule has 3 heterocycles. The lowest BCUT2D eigenvalue weighted by atomic mass is 10.1. The van der Waals surface area contributed by atoms with Crippen molar-refractivity contribution in [2.75, 3.05) is 31.1 Å². The molecule has 7 heteroatoms. The highest BCUT2D eigenvalue weighted by Crippen LogP contribution is 2.23. The predicted octanol–water partition coefficient (Wildman–Crippen LogP) is 1.99. The molecule has 1 saturated heterocycles. The van der Waals surface area contributed by atoms with Crippen LogP contribution in [0.4, 0.5) is 10.2 Å². The number of nitrogens with zero attached hydrogens (tertiary/aromatic N) is 4. The molecule has 0 atom stereocenters. The third kappa shape index (κ3) is 3.05. The van der Waals surface area contributed by atoms with Crippen molar-refractivity contribution in [3.63, 3.8) is 0 Å². The number of carbonyl (C=O) groups excluding carboxylic acids is 1. The van der Waals surface area contributed by atoms with Crippen LogP contribution in [-0.4, -0.2) is 51.9 Å². The Bertz CT molecular complexity index is 901. The molecule has 0 unspecified atom stereocenters. The topological polar surface area (TPSA) is 65.1 Å². The van der Waals surface area contributed by atoms with Crippen molar-refractivity contribution in [1.82, 2.24) is 19.9 Å². The number of fused-ring (bicyclic) bond motifs is 1. The standard InChI is InChI=1S/C18H18FN5O/c19-15-4-2-1-3-13(15)11-16(25)23-7-9-24(10-8-23)18-14-5-6-20-17(14)21-12-22-18/h1-6,12H,7-11H2,(H,20,21,22). The highest BCUT2D eigenvalue weighted by molar-refractivity contribution is 5.87. The SMILES string of the molecule is O=C(Cc1ccccc1F)N1CCN(c2ncnc3[nH]ccc23)CC1. The Kier molecular flexibility index (Phi) is 4.05. The van der Waals surface area contributed by atoms with Gasteiger partial charge in [0.15, 0.2) is 0 Å². The van der Waals surface area contributed by atoms with Crippen molar-refractivity contribution in [2.24, 2.45) is 0 Å². The van der Waals surface area contributed by atoms with Gasteiger partial charge in [-0.25, -0.2) is 14.4 Å². The number of piperazine rings is 1. The van der Waals surface area contributed by atoms with Crippen LogP contribution in [-0.2, 0) is 11.2 Å². The molecule has 25 heavy (non-hydrogen) atoms. The molecule has 128 valence electrons. The van der Waals surface area contributed by atoms with Gasteiger partial charge in [0.2, 0.25) is 5.91 Å². The number of hydrogen-bond acceptors (Lipinski definition) is 4. The van der Waals surface area contributed by atoms with Crippen LogP contribution in [0.2, 0.25) is 0 Å². The molecule has 2 aromatic heterocycles. The van der Waals surface area contributed by atoms with Crippen molar-refractivity contribution < 1.29 is 9.18 Å². The number of H-pyrrole nitrogens is 1. The quantitative estimate of drug-likeness (QED) is 0.793. The van der Waals surface area contributed by atoms with Crippen LogP contribution < -0.4 is 4.90 Å². The number of amides is 1. The van der Waals surface area contributed by atoms with E-state index < -0.39 is 0 Å². The first-order valence-corrected chi connectivity index (χ1v) is 8.26. The van der Waals surface area contributed by atoms with Crippen molar-refractivity contribution in [2.45, 2.75) is 6.42 Å². The molecule has 1 aromatic carbocycles. The lowest BCUT2D eigenvalue weighted by molar-refractivity contribution is -0.130. The monoisotopic (exact) mass is 339 g/mol. The largest absolute Gasteiger partial charge is 0.352 e. The summed E-state index contributed by atoms with van der Waals surface area (Å²) in [4.78, 5) is 28.1. The summed E-state index contributed by atoms with van der Waals surface area (Å²) in [6.45, 7) is 2.59. The van der Waals surface area contributed by atoms with E-state index in [0.29, 0.717) is 31.7 Å². The van der Waals surface area contributed by atoms with Gasteiger partial charge >= 0.3 is 0 Å². The molecule has 1 aliphatic heterocycles. The number of aromatic amines is 1. The zero-order valence-electron chi connectivity index (χ0n) is 13.7. The van der Waals surface area contributed by atoms with E-state index in [2.05, 4.69) is 19.9 Å². The van der Waals surface area contributed by atoms with Gasteiger partial charge in [-0.1, -0.05) is 18.2 Å². The Morgan fingerprint density at radius 3 is 2.72 bits per heavy atom. The summed E-state index contributed by atoms with van der Waals surface area (Å²) in [5.41, 5.74) is 1.25. The molecule has 3 aromatic rings. The van der Waals surface area contributed by atoms with Gasteiger partial charge in [-0.3, -0.25) is 4.79 Å². The Morgan fingerprint density at radius 2 is 1.92 bits per heavy atom. The predicted molar refractivity (Wildman–Crippen MR) is 92.8 cm³/mol. The van der Waals surface area contributed by atoms with Crippen molar-refractivity contribution >= 4 is 22.8 Å². The van der Waals surface area contributed by atoms with Crippen molar-refractivity contribution in [3.8, 4) is 0 Å². The van der Waals surface area contributed by atoms with Crippen LogP contribution in [0.25, 0.3) is 11.0 Å². The Hall–Kier alpha value is -2.96. The minimum absolute atomic E-state index is 0.0424. The molecule has 0 bridgehead atoms. The minimum Gasteiger partial charge on any atom is -0.352 e. The van der Waals surface area contributed by atoms with E-state index in [9.17, 15) is 9.18 Å². The van der Waals surface area contributed by atoms with Crippen molar-refractivity contribution in [1.29, 1.82) is 0 Å². The number of carbonyl (C=O) groups is 1. The number of hydrogen-bond donors (Lipinski definition) is 1. The second-order valence-electron chi connectivity index (χ2n) is 6.07. The maximum absolute atomic E-state index is 13.7. The van der Waals surface area contributed by atoms with Gasteiger partial charge in [0.1, 0.15) is 23.6 Å². The van der Waals surface area contributed by atoms with E-state index in [-0.39, 0.29) is 18.1 Å². The summed E-state index contributed by atoms with van der Waals surface area (Å²) in [6.07, 6.45) is 3.49. The highest BCUT2D eigenvalue weighted by atomic mass is 19.1. The first-order chi connectivity index (χ1) is 12.2. The first kappa shape index (κ1) is 15.6. The molecule has 0 radical (unpaired) electrons. The molecular formula is C18H18FN5O. The number of aromatic nitrogens is 3. The number of anilines is 1. The van der Waals surface area contributed by atoms with Crippen LogP contribution in [0.3, 0.4) is 0 Å². The van der Waals surface area contributed by atoms with Crippen LogP contribution in [0.15, 0.2) is 42.9 Å². The first-order valence-electron chi connectivity index (χ1n) is 8.26. The Morgan fingerprint density at radius 1 is 1.12 bits per heavy atom. The Balaban J connectivity index is 1.42. The van der Waals surface area contributed by atoms with Crippen LogP contribution in [0.5, 0.6) is 0 Å². The van der Waals surface area contributed by atoms with E-state index in [1.165, 1.54) is 6.07 Å². The van der Waals surface area contributed by atoms with E-state index in [0.717, 1.165) is 16.9 Å². The molecule has 1 amide bonds. The summed E-state index contributed by atoms with van der Waals surface area (Å²) in [5, 5.41) is 0.980. The molecule has 1 fully saturated rings. The minimum atomic E-state index is -0.328. The van der Waals surface area contributed by atoms with Gasteiger partial charge in [0, 0.05) is 32.4 Å². The van der Waals surface area contributed by atoms with E-state index >= 15 is 0 Å². The smallest absolute Gasteiger partial charge is 0.227 e. The number of rotatable bonds is 3. The molecule has 1 aliphatic rings. The number of halogens is 1. The summed E-state index contributed by atoms with van der Waals surface area (Å²) in [5.74, 6) is 0.511. The fourth-order valence-electron chi connectivity index (χ4n) is 3.19. The third-order valence-corrected chi connectivity index (χ3v) is 4.56. The average molecular weight is 339 g/mol. The summed E-state index contributed by atoms with van der Waals surface area (Å²) >= 11 is 0. The Labute approximate surface area is 144 Å². The summed E-state index contributed by atoms with van der Waals surface area (Å²) in [6, 6.07) is 8.39. The molecule has 1 N–H and O–H groups in total. The van der Waals surface area contributed by atoms with Gasteiger partial charge in [0.05, 0.1) is 11.8 Å². The fourth-order valence-corrected chi connectivity index (χ4v) is 3.19. The van der Waals surface area contributed by atoms with Crippen molar-refractivity contribution in [3.05, 3.63) is 54.2 Å². The number of nitrogens with one attached hydrogen (secondary N) is 1. The second kappa shape index (κ2) is 6.51. The van der Waals surface area contributed by atoms with E-state index in [1.54, 1.807) is 29.4 Å². The van der Waals surface area contributed by atoms with Gasteiger partial charge in [-0.05, 0) is 17.7 Å². The maximum atomic E-state index is 13.7. The fraction of sp³-hybridized carbons (Fsp3) is 0.278. The molecule has 0 aliphatic carbocycles.